The number of unbranched alkanes of at least 4 members (excludes halogenated alkanes) is 1. The average molecular weight is 327 g/mol. The third-order valence-electron chi connectivity index (χ3n) is 3.60. The van der Waals surface area contributed by atoms with Gasteiger partial charge in [0.1, 0.15) is 0 Å². The Balaban J connectivity index is 1.94. The predicted molar refractivity (Wildman–Crippen MR) is 80.1 cm³/mol. The molecular weight excluding hydrogens is 303 g/mol. The molecular formula is C16H24O2Se. The maximum atomic E-state index is 9.09. The number of hydrogen-bond donors (Lipinski definition) is 1. The van der Waals surface area contributed by atoms with Crippen molar-refractivity contribution >= 4 is 19.4 Å². The summed E-state index contributed by atoms with van der Waals surface area (Å²) in [4.78, 5) is 0.679. The van der Waals surface area contributed by atoms with Gasteiger partial charge in [0, 0.05) is 0 Å². The van der Waals surface area contributed by atoms with Crippen LogP contribution in [0.5, 0.6) is 0 Å². The quantitative estimate of drug-likeness (QED) is 0.780. The molecule has 0 amide bonds. The first kappa shape index (κ1) is 15.1. The second-order valence-electron chi connectivity index (χ2n) is 5.16. The van der Waals surface area contributed by atoms with Crippen LogP contribution in [0.4, 0.5) is 0 Å². The number of benzene rings is 1. The molecule has 0 aliphatic carbocycles. The Bertz CT molecular complexity index is 355. The number of rotatable bonds is 7. The first-order valence-corrected chi connectivity index (χ1v) is 9.16. The van der Waals surface area contributed by atoms with E-state index in [1.807, 2.05) is 0 Å². The Labute approximate surface area is 122 Å². The van der Waals surface area contributed by atoms with Crippen LogP contribution in [-0.2, 0) is 4.74 Å². The van der Waals surface area contributed by atoms with Crippen molar-refractivity contribution in [2.45, 2.75) is 56.1 Å². The van der Waals surface area contributed by atoms with Crippen LogP contribution in [0.15, 0.2) is 30.3 Å². The number of aliphatic hydroxyl groups is 1. The summed E-state index contributed by atoms with van der Waals surface area (Å²) >= 11 is 0.490. The van der Waals surface area contributed by atoms with Gasteiger partial charge in [-0.15, -0.1) is 0 Å². The molecule has 1 fully saturated rings. The second kappa shape index (κ2) is 8.06. The van der Waals surface area contributed by atoms with Gasteiger partial charge in [-0.25, -0.2) is 0 Å². The average Bonchev–Trinajstić information content (AvgIpc) is 2.80. The van der Waals surface area contributed by atoms with Crippen LogP contribution >= 0.6 is 0 Å². The Hall–Kier alpha value is -0.341. The zero-order chi connectivity index (χ0) is 13.5. The monoisotopic (exact) mass is 328 g/mol. The minimum absolute atomic E-state index is 0.246. The van der Waals surface area contributed by atoms with E-state index in [1.54, 1.807) is 0 Å². The van der Waals surface area contributed by atoms with Crippen molar-refractivity contribution < 1.29 is 9.84 Å². The van der Waals surface area contributed by atoms with E-state index in [0.29, 0.717) is 25.9 Å². The van der Waals surface area contributed by atoms with Crippen molar-refractivity contribution in [3.63, 3.8) is 0 Å². The summed E-state index contributed by atoms with van der Waals surface area (Å²) in [7, 11) is 0. The van der Waals surface area contributed by atoms with Crippen LogP contribution in [0.25, 0.3) is 0 Å². The summed E-state index contributed by atoms with van der Waals surface area (Å²) in [5.41, 5.74) is 0. The number of hydrogen-bond acceptors (Lipinski definition) is 2. The van der Waals surface area contributed by atoms with E-state index >= 15 is 0 Å². The normalized spacial score (nSPS) is 26.7. The van der Waals surface area contributed by atoms with Crippen LogP contribution in [0.2, 0.25) is 4.82 Å². The summed E-state index contributed by atoms with van der Waals surface area (Å²) in [5.74, 6) is 0. The summed E-state index contributed by atoms with van der Waals surface area (Å²) in [5, 5.41) is 9.09. The fourth-order valence-electron chi connectivity index (χ4n) is 2.59. The molecule has 1 heterocycles. The number of ether oxygens (including phenoxy) is 1. The topological polar surface area (TPSA) is 29.5 Å². The predicted octanol–water partition coefficient (Wildman–Crippen LogP) is 2.53. The summed E-state index contributed by atoms with van der Waals surface area (Å²) in [6.45, 7) is 2.48. The molecule has 0 aromatic heterocycles. The van der Waals surface area contributed by atoms with Gasteiger partial charge >= 0.3 is 122 Å². The van der Waals surface area contributed by atoms with Crippen molar-refractivity contribution in [1.29, 1.82) is 0 Å². The van der Waals surface area contributed by atoms with Gasteiger partial charge < -0.3 is 0 Å². The Morgan fingerprint density at radius 2 is 2.05 bits per heavy atom. The molecule has 1 aromatic rings. The van der Waals surface area contributed by atoms with Crippen LogP contribution in [0.1, 0.15) is 39.0 Å². The molecule has 0 saturated carbocycles. The maximum absolute atomic E-state index is 9.09. The fourth-order valence-corrected chi connectivity index (χ4v) is 5.37. The molecule has 0 unspecified atom stereocenters. The molecule has 106 valence electrons. The van der Waals surface area contributed by atoms with E-state index < -0.39 is 0 Å². The Kier molecular flexibility index (Phi) is 6.39. The van der Waals surface area contributed by atoms with E-state index in [2.05, 4.69) is 37.3 Å². The van der Waals surface area contributed by atoms with Gasteiger partial charge in [0.2, 0.25) is 0 Å². The Morgan fingerprint density at radius 1 is 1.26 bits per heavy atom. The molecule has 3 heteroatoms. The van der Waals surface area contributed by atoms with Crippen molar-refractivity contribution in [3.8, 4) is 0 Å². The molecule has 0 radical (unpaired) electrons. The first-order valence-electron chi connectivity index (χ1n) is 7.31. The first-order chi connectivity index (χ1) is 9.33. The second-order valence-corrected chi connectivity index (χ2v) is 7.91. The van der Waals surface area contributed by atoms with Crippen molar-refractivity contribution in [1.82, 2.24) is 0 Å². The zero-order valence-electron chi connectivity index (χ0n) is 11.6. The zero-order valence-corrected chi connectivity index (χ0v) is 13.3. The van der Waals surface area contributed by atoms with E-state index in [0.717, 1.165) is 12.8 Å². The summed E-state index contributed by atoms with van der Waals surface area (Å²) < 4.78 is 7.61. The van der Waals surface area contributed by atoms with Crippen LogP contribution < -0.4 is 4.46 Å². The van der Waals surface area contributed by atoms with Gasteiger partial charge in [0.15, 0.2) is 0 Å². The summed E-state index contributed by atoms with van der Waals surface area (Å²) in [6, 6.07) is 10.8. The third-order valence-corrected chi connectivity index (χ3v) is 6.42. The number of aliphatic hydroxyl groups excluding tert-OH is 1. The third kappa shape index (κ3) is 4.61. The molecule has 1 saturated heterocycles. The summed E-state index contributed by atoms with van der Waals surface area (Å²) in [6.07, 6.45) is 6.28. The fraction of sp³-hybridized carbons (Fsp3) is 0.625. The van der Waals surface area contributed by atoms with Crippen LogP contribution in [0.3, 0.4) is 0 Å². The van der Waals surface area contributed by atoms with Gasteiger partial charge in [0.05, 0.1) is 0 Å². The molecule has 2 nitrogen and oxygen atoms in total. The molecule has 0 spiro atoms. The van der Waals surface area contributed by atoms with Crippen molar-refractivity contribution in [3.05, 3.63) is 30.3 Å². The van der Waals surface area contributed by atoms with E-state index in [-0.39, 0.29) is 12.7 Å². The molecule has 19 heavy (non-hydrogen) atoms. The molecule has 1 aromatic carbocycles. The van der Waals surface area contributed by atoms with Gasteiger partial charge in [-0.3, -0.25) is 0 Å². The molecule has 0 bridgehead atoms. The van der Waals surface area contributed by atoms with E-state index in [1.165, 1.54) is 23.7 Å². The molecule has 3 atom stereocenters. The van der Waals surface area contributed by atoms with Gasteiger partial charge in [-0.1, -0.05) is 0 Å². The molecule has 1 aliphatic heterocycles. The standard InChI is InChI=1S/C16H24O2Se/c1-2-3-9-15-16(12-13(18-15)10-11-17)19-14-7-5-4-6-8-14/h4-8,13,15-17H,2-3,9-12H2,1H3/t13-,15+,16+/m1/s1. The molecule has 1 aliphatic rings. The van der Waals surface area contributed by atoms with Gasteiger partial charge in [-0.05, 0) is 0 Å². The van der Waals surface area contributed by atoms with Crippen LogP contribution in [0, 0.1) is 0 Å². The Morgan fingerprint density at radius 3 is 2.74 bits per heavy atom. The molecule has 1 N–H and O–H groups in total. The minimum atomic E-state index is 0.246. The van der Waals surface area contributed by atoms with E-state index in [9.17, 15) is 0 Å². The van der Waals surface area contributed by atoms with Crippen molar-refractivity contribution in [2.75, 3.05) is 6.61 Å². The van der Waals surface area contributed by atoms with Gasteiger partial charge in [0.25, 0.3) is 0 Å². The SMILES string of the molecule is CCCC[C@@H]1O[C@H](CCO)C[C@@H]1[Se]c1ccccc1. The van der Waals surface area contributed by atoms with Crippen molar-refractivity contribution in [2.24, 2.45) is 0 Å². The van der Waals surface area contributed by atoms with Gasteiger partial charge in [-0.2, -0.15) is 0 Å². The molecule has 2 rings (SSSR count). The van der Waals surface area contributed by atoms with E-state index in [4.69, 9.17) is 9.84 Å². The van der Waals surface area contributed by atoms with Crippen LogP contribution in [-0.4, -0.2) is 38.9 Å².